The van der Waals surface area contributed by atoms with Crippen molar-refractivity contribution >= 4 is 35.3 Å². The number of ether oxygens (including phenoxy) is 2. The molecule has 8 nitrogen and oxygen atoms in total. The van der Waals surface area contributed by atoms with Gasteiger partial charge in [0.25, 0.3) is 0 Å². The first-order valence-electron chi connectivity index (χ1n) is 9.77. The van der Waals surface area contributed by atoms with E-state index in [1.807, 2.05) is 60.7 Å². The molecule has 1 aliphatic rings. The SMILES string of the molecule is O=C(N[C@@H](CC1CNC(=S)NC1=O)C(=O)OCc1ccccc1)OCc1ccccc1. The van der Waals surface area contributed by atoms with Crippen molar-refractivity contribution in [2.75, 3.05) is 6.54 Å². The number of nitrogens with one attached hydrogen (secondary N) is 3. The Bertz CT molecular complexity index is 923. The molecule has 1 unspecified atom stereocenters. The van der Waals surface area contributed by atoms with Crippen LogP contribution in [0.5, 0.6) is 0 Å². The summed E-state index contributed by atoms with van der Waals surface area (Å²) in [5, 5.41) is 8.15. The minimum absolute atomic E-state index is 0.0372. The molecule has 0 aromatic heterocycles. The number of carbonyl (C=O) groups is 3. The fourth-order valence-electron chi connectivity index (χ4n) is 2.99. The average Bonchev–Trinajstić information content (AvgIpc) is 2.78. The highest BCUT2D eigenvalue weighted by Crippen LogP contribution is 2.13. The van der Waals surface area contributed by atoms with Crippen molar-refractivity contribution in [3.05, 3.63) is 71.8 Å². The Morgan fingerprint density at radius 1 is 1.00 bits per heavy atom. The van der Waals surface area contributed by atoms with Gasteiger partial charge in [0.15, 0.2) is 5.11 Å². The van der Waals surface area contributed by atoms with Crippen LogP contribution >= 0.6 is 12.2 Å². The van der Waals surface area contributed by atoms with Crippen molar-refractivity contribution in [1.82, 2.24) is 16.0 Å². The minimum atomic E-state index is -1.06. The fraction of sp³-hybridized carbons (Fsp3) is 0.273. The van der Waals surface area contributed by atoms with Crippen molar-refractivity contribution < 1.29 is 23.9 Å². The second-order valence-corrected chi connectivity index (χ2v) is 7.39. The summed E-state index contributed by atoms with van der Waals surface area (Å²) in [7, 11) is 0. The molecular weight excluding hydrogens is 418 g/mol. The summed E-state index contributed by atoms with van der Waals surface area (Å²) >= 11 is 4.92. The Morgan fingerprint density at radius 2 is 1.58 bits per heavy atom. The molecule has 0 bridgehead atoms. The Morgan fingerprint density at radius 3 is 2.16 bits per heavy atom. The molecule has 0 saturated carbocycles. The second-order valence-electron chi connectivity index (χ2n) is 6.98. The van der Waals surface area contributed by atoms with E-state index >= 15 is 0 Å². The Labute approximate surface area is 185 Å². The number of thiocarbonyl (C=S) groups is 1. The second kappa shape index (κ2) is 11.1. The summed E-state index contributed by atoms with van der Waals surface area (Å²) in [6.07, 6.45) is -0.736. The van der Waals surface area contributed by atoms with Gasteiger partial charge >= 0.3 is 12.1 Å². The lowest BCUT2D eigenvalue weighted by Crippen LogP contribution is -2.54. The number of esters is 1. The van der Waals surface area contributed by atoms with Crippen molar-refractivity contribution in [2.24, 2.45) is 5.92 Å². The molecule has 3 rings (SSSR count). The molecule has 1 fully saturated rings. The first-order valence-corrected chi connectivity index (χ1v) is 10.2. The van der Waals surface area contributed by atoms with E-state index < -0.39 is 24.0 Å². The maximum absolute atomic E-state index is 12.7. The molecule has 3 N–H and O–H groups in total. The highest BCUT2D eigenvalue weighted by atomic mass is 32.1. The van der Waals surface area contributed by atoms with Crippen molar-refractivity contribution in [2.45, 2.75) is 25.7 Å². The van der Waals surface area contributed by atoms with E-state index in [0.717, 1.165) is 11.1 Å². The Kier molecular flexibility index (Phi) is 7.94. The van der Waals surface area contributed by atoms with Crippen LogP contribution in [0.4, 0.5) is 4.79 Å². The predicted octanol–water partition coefficient (Wildman–Crippen LogP) is 2.04. The fourth-order valence-corrected chi connectivity index (χ4v) is 3.18. The Balaban J connectivity index is 1.61. The van der Waals surface area contributed by atoms with E-state index in [2.05, 4.69) is 16.0 Å². The zero-order chi connectivity index (χ0) is 22.1. The van der Waals surface area contributed by atoms with Crippen LogP contribution in [0, 0.1) is 5.92 Å². The van der Waals surface area contributed by atoms with Crippen LogP contribution in [0.25, 0.3) is 0 Å². The summed E-state index contributed by atoms with van der Waals surface area (Å²) in [6, 6.07) is 17.3. The van der Waals surface area contributed by atoms with Crippen LogP contribution in [-0.4, -0.2) is 35.7 Å². The van der Waals surface area contributed by atoms with Crippen LogP contribution < -0.4 is 16.0 Å². The summed E-state index contributed by atoms with van der Waals surface area (Å²) in [5.41, 5.74) is 1.62. The summed E-state index contributed by atoms with van der Waals surface area (Å²) in [5.74, 6) is -1.54. The number of carbonyl (C=O) groups excluding carboxylic acids is 3. The summed E-state index contributed by atoms with van der Waals surface area (Å²) in [4.78, 5) is 37.2. The predicted molar refractivity (Wildman–Crippen MR) is 117 cm³/mol. The Hall–Kier alpha value is -3.46. The van der Waals surface area contributed by atoms with Crippen LogP contribution in [0.1, 0.15) is 17.5 Å². The standard InChI is InChI=1S/C22H23N3O5S/c26-19-17(12-23-21(31)25-19)11-18(20(27)29-13-15-7-3-1-4-8-15)24-22(28)30-14-16-9-5-2-6-10-16/h1-10,17-18H,11-14H2,(H,24,28)(H2,23,25,26,31)/t17?,18-/m0/s1. The van der Waals surface area contributed by atoms with E-state index in [9.17, 15) is 14.4 Å². The van der Waals surface area contributed by atoms with Gasteiger partial charge in [-0.05, 0) is 29.8 Å². The first-order chi connectivity index (χ1) is 15.0. The van der Waals surface area contributed by atoms with Crippen LogP contribution in [0.2, 0.25) is 0 Å². The van der Waals surface area contributed by atoms with Gasteiger partial charge in [-0.15, -0.1) is 0 Å². The van der Waals surface area contributed by atoms with Gasteiger partial charge < -0.3 is 25.4 Å². The molecule has 162 valence electrons. The normalized spacial score (nSPS) is 16.5. The number of benzene rings is 2. The quantitative estimate of drug-likeness (QED) is 0.425. The lowest BCUT2D eigenvalue weighted by molar-refractivity contribution is -0.148. The summed E-state index contributed by atoms with van der Waals surface area (Å²) < 4.78 is 10.6. The first kappa shape index (κ1) is 22.2. The lowest BCUT2D eigenvalue weighted by atomic mass is 9.97. The minimum Gasteiger partial charge on any atom is -0.459 e. The average molecular weight is 442 g/mol. The lowest BCUT2D eigenvalue weighted by Gasteiger charge is -2.27. The molecule has 9 heteroatoms. The third-order valence-corrected chi connectivity index (χ3v) is 4.90. The van der Waals surface area contributed by atoms with Gasteiger partial charge in [-0.2, -0.15) is 0 Å². The van der Waals surface area contributed by atoms with Crippen LogP contribution in [-0.2, 0) is 32.3 Å². The van der Waals surface area contributed by atoms with Crippen LogP contribution in [0.3, 0.4) is 0 Å². The molecule has 31 heavy (non-hydrogen) atoms. The zero-order valence-corrected chi connectivity index (χ0v) is 17.5. The highest BCUT2D eigenvalue weighted by Gasteiger charge is 2.32. The smallest absolute Gasteiger partial charge is 0.408 e. The number of rotatable bonds is 8. The molecule has 2 atom stereocenters. The molecule has 0 spiro atoms. The number of alkyl carbamates (subject to hydrolysis) is 1. The third-order valence-electron chi connectivity index (χ3n) is 4.65. The van der Waals surface area contributed by atoms with E-state index in [-0.39, 0.29) is 37.2 Å². The van der Waals surface area contributed by atoms with Gasteiger partial charge in [-0.1, -0.05) is 60.7 Å². The molecular formula is C22H23N3O5S. The van der Waals surface area contributed by atoms with Crippen molar-refractivity contribution in [3.8, 4) is 0 Å². The largest absolute Gasteiger partial charge is 0.459 e. The third kappa shape index (κ3) is 7.07. The van der Waals surface area contributed by atoms with E-state index in [1.165, 1.54) is 0 Å². The van der Waals surface area contributed by atoms with E-state index in [0.29, 0.717) is 0 Å². The molecule has 1 heterocycles. The van der Waals surface area contributed by atoms with Crippen LogP contribution in [0.15, 0.2) is 60.7 Å². The zero-order valence-electron chi connectivity index (χ0n) is 16.7. The monoisotopic (exact) mass is 441 g/mol. The van der Waals surface area contributed by atoms with Gasteiger partial charge in [-0.25, -0.2) is 9.59 Å². The van der Waals surface area contributed by atoms with E-state index in [4.69, 9.17) is 21.7 Å². The molecule has 0 radical (unpaired) electrons. The van der Waals surface area contributed by atoms with Gasteiger partial charge in [0.2, 0.25) is 5.91 Å². The highest BCUT2D eigenvalue weighted by molar-refractivity contribution is 7.80. The molecule has 0 aliphatic carbocycles. The molecule has 2 aromatic rings. The van der Waals surface area contributed by atoms with Crippen molar-refractivity contribution in [3.63, 3.8) is 0 Å². The summed E-state index contributed by atoms with van der Waals surface area (Å²) in [6.45, 7) is 0.363. The number of amides is 2. The van der Waals surface area contributed by atoms with Gasteiger partial charge in [0, 0.05) is 6.54 Å². The number of hydrogen-bond donors (Lipinski definition) is 3. The maximum Gasteiger partial charge on any atom is 0.408 e. The molecule has 2 amide bonds. The number of hydrogen-bond acceptors (Lipinski definition) is 6. The maximum atomic E-state index is 12.7. The van der Waals surface area contributed by atoms with Gasteiger partial charge in [0.1, 0.15) is 19.3 Å². The topological polar surface area (TPSA) is 106 Å². The molecule has 1 aliphatic heterocycles. The van der Waals surface area contributed by atoms with Gasteiger partial charge in [-0.3, -0.25) is 4.79 Å². The molecule has 1 saturated heterocycles. The van der Waals surface area contributed by atoms with Gasteiger partial charge in [0.05, 0.1) is 5.92 Å². The van der Waals surface area contributed by atoms with Crippen molar-refractivity contribution in [1.29, 1.82) is 0 Å². The van der Waals surface area contributed by atoms with E-state index in [1.54, 1.807) is 0 Å². The molecule has 2 aromatic carbocycles.